The maximum absolute atomic E-state index is 12.5. The molecule has 0 spiro atoms. The molecule has 6 rings (SSSR count). The van der Waals surface area contributed by atoms with E-state index in [4.69, 9.17) is 0 Å². The molecular weight excluding hydrogens is 504 g/mol. The average molecular weight is 529 g/mol. The summed E-state index contributed by atoms with van der Waals surface area (Å²) in [5.41, 5.74) is 0.373. The molecular formula is C34H24O6. The SMILES string of the molecule is O=C(O)C1(C(=O)O)C=c2ccccc2=C(c2c(O)c(-c3ccccc3)c(-c3ccccc3)c3ccccc23)C1O. The number of hydrogen-bond donors (Lipinski definition) is 4. The number of aliphatic hydroxyl groups excluding tert-OH is 1. The van der Waals surface area contributed by atoms with E-state index in [0.717, 1.165) is 22.6 Å². The van der Waals surface area contributed by atoms with Gasteiger partial charge in [0.1, 0.15) is 11.9 Å². The third kappa shape index (κ3) is 3.61. The Labute approximate surface area is 229 Å². The van der Waals surface area contributed by atoms with E-state index in [9.17, 15) is 30.0 Å². The molecule has 6 heteroatoms. The predicted octanol–water partition coefficient (Wildman–Crippen LogP) is 4.39. The van der Waals surface area contributed by atoms with E-state index in [2.05, 4.69) is 0 Å². The monoisotopic (exact) mass is 528 g/mol. The van der Waals surface area contributed by atoms with Crippen LogP contribution in [0.25, 0.3) is 44.7 Å². The highest BCUT2D eigenvalue weighted by Gasteiger charge is 2.54. The lowest BCUT2D eigenvalue weighted by Crippen LogP contribution is -2.54. The van der Waals surface area contributed by atoms with Crippen LogP contribution in [-0.2, 0) is 9.59 Å². The molecule has 5 aromatic rings. The molecule has 40 heavy (non-hydrogen) atoms. The number of carboxylic acid groups (broad SMARTS) is 2. The Morgan fingerprint density at radius 3 is 1.65 bits per heavy atom. The van der Waals surface area contributed by atoms with Crippen molar-refractivity contribution in [1.82, 2.24) is 0 Å². The Morgan fingerprint density at radius 1 is 0.600 bits per heavy atom. The van der Waals surface area contributed by atoms with E-state index < -0.39 is 23.5 Å². The Bertz CT molecular complexity index is 1910. The fourth-order valence-corrected chi connectivity index (χ4v) is 5.78. The number of hydrogen-bond acceptors (Lipinski definition) is 4. The predicted molar refractivity (Wildman–Crippen MR) is 153 cm³/mol. The van der Waals surface area contributed by atoms with Crippen LogP contribution in [0.4, 0.5) is 0 Å². The lowest BCUT2D eigenvalue weighted by Gasteiger charge is -2.33. The van der Waals surface area contributed by atoms with Gasteiger partial charge >= 0.3 is 11.9 Å². The molecule has 0 bridgehead atoms. The molecule has 6 nitrogen and oxygen atoms in total. The quantitative estimate of drug-likeness (QED) is 0.252. The first-order valence-electron chi connectivity index (χ1n) is 12.7. The van der Waals surface area contributed by atoms with E-state index in [1.807, 2.05) is 72.8 Å². The number of phenols is 1. The molecule has 5 aromatic carbocycles. The minimum Gasteiger partial charge on any atom is -0.507 e. The molecule has 1 aliphatic rings. The van der Waals surface area contributed by atoms with Gasteiger partial charge < -0.3 is 20.4 Å². The zero-order valence-corrected chi connectivity index (χ0v) is 21.2. The molecule has 1 aliphatic carbocycles. The van der Waals surface area contributed by atoms with Crippen LogP contribution in [-0.4, -0.2) is 38.5 Å². The number of carboxylic acids is 2. The van der Waals surface area contributed by atoms with E-state index in [1.54, 1.807) is 36.4 Å². The van der Waals surface area contributed by atoms with Crippen molar-refractivity contribution in [2.75, 3.05) is 0 Å². The van der Waals surface area contributed by atoms with Gasteiger partial charge in [-0.3, -0.25) is 9.59 Å². The van der Waals surface area contributed by atoms with Crippen LogP contribution >= 0.6 is 0 Å². The molecule has 0 radical (unpaired) electrons. The fourth-order valence-electron chi connectivity index (χ4n) is 5.78. The van der Waals surface area contributed by atoms with E-state index in [1.165, 1.54) is 0 Å². The average Bonchev–Trinajstić information content (AvgIpc) is 2.97. The van der Waals surface area contributed by atoms with E-state index in [-0.39, 0.29) is 16.9 Å². The lowest BCUT2D eigenvalue weighted by molar-refractivity contribution is -0.164. The minimum absolute atomic E-state index is 0.0355. The van der Waals surface area contributed by atoms with Crippen LogP contribution in [0, 0.1) is 5.41 Å². The molecule has 1 unspecified atom stereocenters. The number of fused-ring (bicyclic) bond motifs is 2. The number of rotatable bonds is 5. The molecule has 4 N–H and O–H groups in total. The van der Waals surface area contributed by atoms with Crippen LogP contribution in [0.1, 0.15) is 5.56 Å². The smallest absolute Gasteiger partial charge is 0.328 e. The minimum atomic E-state index is -2.66. The summed E-state index contributed by atoms with van der Waals surface area (Å²) in [5.74, 6) is -3.58. The fraction of sp³-hybridized carbons (Fsp3) is 0.0588. The van der Waals surface area contributed by atoms with Gasteiger partial charge in [-0.25, -0.2) is 0 Å². The molecule has 0 saturated carbocycles. The molecule has 0 aromatic heterocycles. The van der Waals surface area contributed by atoms with Crippen LogP contribution in [0.5, 0.6) is 5.75 Å². The van der Waals surface area contributed by atoms with Gasteiger partial charge in [0.15, 0.2) is 0 Å². The summed E-state index contributed by atoms with van der Waals surface area (Å²) >= 11 is 0. The number of aromatic hydroxyl groups is 1. The van der Waals surface area contributed by atoms with Crippen LogP contribution in [0.3, 0.4) is 0 Å². The molecule has 0 aliphatic heterocycles. The van der Waals surface area contributed by atoms with Crippen molar-refractivity contribution >= 4 is 34.4 Å². The van der Waals surface area contributed by atoms with Crippen LogP contribution < -0.4 is 10.4 Å². The summed E-state index contributed by atoms with van der Waals surface area (Å²) in [6.07, 6.45) is -0.922. The summed E-state index contributed by atoms with van der Waals surface area (Å²) in [5, 5.41) is 46.3. The highest BCUT2D eigenvalue weighted by atomic mass is 16.4. The van der Waals surface area contributed by atoms with Crippen molar-refractivity contribution in [3.05, 3.63) is 125 Å². The number of phenolic OH excluding ortho intramolecular Hbond substituents is 1. The summed E-state index contributed by atoms with van der Waals surface area (Å²) in [7, 11) is 0. The van der Waals surface area contributed by atoms with Gasteiger partial charge in [0.2, 0.25) is 5.41 Å². The molecule has 0 heterocycles. The Balaban J connectivity index is 1.85. The van der Waals surface area contributed by atoms with E-state index >= 15 is 0 Å². The van der Waals surface area contributed by atoms with Crippen LogP contribution in [0.15, 0.2) is 109 Å². The second-order valence-corrected chi connectivity index (χ2v) is 9.78. The van der Waals surface area contributed by atoms with Crippen molar-refractivity contribution in [2.45, 2.75) is 6.10 Å². The zero-order chi connectivity index (χ0) is 28.0. The lowest BCUT2D eigenvalue weighted by atomic mass is 9.71. The summed E-state index contributed by atoms with van der Waals surface area (Å²) < 4.78 is 0. The number of benzene rings is 5. The Kier molecular flexibility index (Phi) is 5.97. The normalized spacial score (nSPS) is 15.7. The number of aliphatic carboxylic acids is 2. The van der Waals surface area contributed by atoms with Crippen molar-refractivity contribution in [1.29, 1.82) is 0 Å². The van der Waals surface area contributed by atoms with Gasteiger partial charge in [0, 0.05) is 22.3 Å². The van der Waals surface area contributed by atoms with E-state index in [0.29, 0.717) is 27.0 Å². The third-order valence-corrected chi connectivity index (χ3v) is 7.63. The first kappa shape index (κ1) is 25.1. The largest absolute Gasteiger partial charge is 0.507 e. The first-order chi connectivity index (χ1) is 19.4. The van der Waals surface area contributed by atoms with Gasteiger partial charge in [-0.2, -0.15) is 0 Å². The molecule has 0 saturated heterocycles. The highest BCUT2D eigenvalue weighted by Crippen LogP contribution is 2.50. The zero-order valence-electron chi connectivity index (χ0n) is 21.2. The summed E-state index contributed by atoms with van der Waals surface area (Å²) in [6, 6.07) is 33.0. The van der Waals surface area contributed by atoms with Gasteiger partial charge in [0.05, 0.1) is 0 Å². The Hall–Kier alpha value is -5.20. The molecule has 196 valence electrons. The maximum Gasteiger partial charge on any atom is 0.328 e. The summed E-state index contributed by atoms with van der Waals surface area (Å²) in [6.45, 7) is 0. The number of aliphatic hydroxyl groups is 1. The van der Waals surface area contributed by atoms with Crippen LogP contribution in [0.2, 0.25) is 0 Å². The first-order valence-corrected chi connectivity index (χ1v) is 12.7. The van der Waals surface area contributed by atoms with Gasteiger partial charge in [-0.1, -0.05) is 109 Å². The van der Waals surface area contributed by atoms with Gasteiger partial charge in [-0.05, 0) is 38.4 Å². The van der Waals surface area contributed by atoms with Crippen molar-refractivity contribution in [2.24, 2.45) is 5.41 Å². The second-order valence-electron chi connectivity index (χ2n) is 9.78. The van der Waals surface area contributed by atoms with Crippen molar-refractivity contribution in [3.63, 3.8) is 0 Å². The van der Waals surface area contributed by atoms with Crippen molar-refractivity contribution in [3.8, 4) is 28.0 Å². The third-order valence-electron chi connectivity index (χ3n) is 7.63. The summed E-state index contributed by atoms with van der Waals surface area (Å²) in [4.78, 5) is 25.1. The maximum atomic E-state index is 12.5. The standard InChI is InChI=1S/C34H24O6/c35-30-27(21-13-5-2-6-14-21)26(20-11-3-1-4-12-20)24-17-9-10-18-25(24)28(30)29-23-16-8-7-15-22(23)19-34(31(29)36,32(37)38)33(39)40/h1-19,31,35-36H,(H,37,38)(H,39,40). The highest BCUT2D eigenvalue weighted by molar-refractivity contribution is 6.14. The van der Waals surface area contributed by atoms with Crippen molar-refractivity contribution < 1.29 is 30.0 Å². The Morgan fingerprint density at radius 2 is 1.07 bits per heavy atom. The van der Waals surface area contributed by atoms with Gasteiger partial charge in [-0.15, -0.1) is 0 Å². The number of carbonyl (C=O) groups is 2. The topological polar surface area (TPSA) is 115 Å². The second kappa shape index (κ2) is 9.52. The molecule has 0 amide bonds. The molecule has 1 atom stereocenters. The molecule has 0 fully saturated rings. The van der Waals surface area contributed by atoms with Gasteiger partial charge in [0.25, 0.3) is 0 Å².